The number of hydrogen-bond donors (Lipinski definition) is 1. The van der Waals surface area contributed by atoms with Crippen LogP contribution in [-0.2, 0) is 6.54 Å². The van der Waals surface area contributed by atoms with Crippen LogP contribution in [0.25, 0.3) is 0 Å². The highest BCUT2D eigenvalue weighted by atomic mass is 127. The van der Waals surface area contributed by atoms with E-state index in [2.05, 4.69) is 40.9 Å². The van der Waals surface area contributed by atoms with E-state index < -0.39 is 0 Å². The molecule has 0 spiro atoms. The van der Waals surface area contributed by atoms with Gasteiger partial charge in [-0.05, 0) is 53.4 Å². The van der Waals surface area contributed by atoms with Crippen molar-refractivity contribution in [3.63, 3.8) is 0 Å². The lowest BCUT2D eigenvalue weighted by molar-refractivity contribution is 0.215. The van der Waals surface area contributed by atoms with Crippen LogP contribution in [0, 0.1) is 3.57 Å². The fourth-order valence-electron chi connectivity index (χ4n) is 1.92. The Morgan fingerprint density at radius 2 is 1.81 bits per heavy atom. The summed E-state index contributed by atoms with van der Waals surface area (Å²) >= 11 is 2.27. The minimum Gasteiger partial charge on any atom is -0.490 e. The molecule has 3 nitrogen and oxygen atoms in total. The first-order valence-electron chi connectivity index (χ1n) is 7.09. The van der Waals surface area contributed by atoms with Gasteiger partial charge in [-0.15, -0.1) is 0 Å². The van der Waals surface area contributed by atoms with Gasteiger partial charge in [0.25, 0.3) is 0 Å². The van der Waals surface area contributed by atoms with E-state index in [0.717, 1.165) is 24.6 Å². The van der Waals surface area contributed by atoms with Crippen molar-refractivity contribution in [1.82, 2.24) is 5.32 Å². The zero-order valence-corrected chi connectivity index (χ0v) is 14.3. The van der Waals surface area contributed by atoms with Crippen molar-refractivity contribution in [2.24, 2.45) is 0 Å². The van der Waals surface area contributed by atoms with Gasteiger partial charge in [-0.2, -0.15) is 0 Å². The van der Waals surface area contributed by atoms with Crippen molar-refractivity contribution in [2.45, 2.75) is 13.5 Å². The first-order chi connectivity index (χ1) is 10.3. The van der Waals surface area contributed by atoms with Crippen LogP contribution in [0.5, 0.6) is 11.5 Å². The van der Waals surface area contributed by atoms with Crippen LogP contribution < -0.4 is 14.8 Å². The summed E-state index contributed by atoms with van der Waals surface area (Å²) in [7, 11) is 0. The van der Waals surface area contributed by atoms with E-state index >= 15 is 0 Å². The number of hydrogen-bond acceptors (Lipinski definition) is 3. The molecular formula is C17H20INO2. The summed E-state index contributed by atoms with van der Waals surface area (Å²) in [6.45, 7) is 4.94. The first-order valence-corrected chi connectivity index (χ1v) is 8.17. The molecule has 0 saturated heterocycles. The quantitative estimate of drug-likeness (QED) is 0.542. The Bertz CT molecular complexity index is 560. The van der Waals surface area contributed by atoms with Gasteiger partial charge in [0.1, 0.15) is 24.7 Å². The van der Waals surface area contributed by atoms with Gasteiger partial charge in [-0.25, -0.2) is 0 Å². The van der Waals surface area contributed by atoms with Crippen molar-refractivity contribution in [1.29, 1.82) is 0 Å². The molecule has 0 aliphatic heterocycles. The number of halogens is 1. The molecule has 0 bridgehead atoms. The van der Waals surface area contributed by atoms with E-state index in [0.29, 0.717) is 13.2 Å². The second-order valence-electron chi connectivity index (χ2n) is 4.54. The van der Waals surface area contributed by atoms with Crippen LogP contribution >= 0.6 is 22.6 Å². The van der Waals surface area contributed by atoms with Gasteiger partial charge in [-0.1, -0.05) is 31.2 Å². The van der Waals surface area contributed by atoms with Gasteiger partial charge in [0.05, 0.1) is 0 Å². The molecule has 0 amide bonds. The Balaban J connectivity index is 1.80. The Hall–Kier alpha value is -1.27. The first kappa shape index (κ1) is 16.1. The Labute approximate surface area is 139 Å². The number of para-hydroxylation sites is 1. The third-order valence-corrected chi connectivity index (χ3v) is 3.61. The Morgan fingerprint density at radius 1 is 1.00 bits per heavy atom. The number of rotatable bonds is 8. The summed E-state index contributed by atoms with van der Waals surface area (Å²) < 4.78 is 12.7. The standard InChI is InChI=1S/C17H20INO2/c1-2-19-13-14-6-3-4-9-17(14)21-11-10-20-16-8-5-7-15(18)12-16/h3-9,12,19H,2,10-11,13H2,1H3. The molecule has 4 heteroatoms. The summed E-state index contributed by atoms with van der Waals surface area (Å²) in [6, 6.07) is 16.1. The Morgan fingerprint density at radius 3 is 2.62 bits per heavy atom. The van der Waals surface area contributed by atoms with E-state index in [-0.39, 0.29) is 0 Å². The van der Waals surface area contributed by atoms with Crippen molar-refractivity contribution >= 4 is 22.6 Å². The van der Waals surface area contributed by atoms with Crippen LogP contribution in [0.2, 0.25) is 0 Å². The van der Waals surface area contributed by atoms with Crippen LogP contribution in [0.4, 0.5) is 0 Å². The fraction of sp³-hybridized carbons (Fsp3) is 0.294. The molecule has 2 aromatic rings. The number of ether oxygens (including phenoxy) is 2. The van der Waals surface area contributed by atoms with Gasteiger partial charge in [0.2, 0.25) is 0 Å². The zero-order chi connectivity index (χ0) is 14.9. The largest absolute Gasteiger partial charge is 0.490 e. The molecule has 0 radical (unpaired) electrons. The molecule has 0 unspecified atom stereocenters. The molecule has 1 N–H and O–H groups in total. The average Bonchev–Trinajstić information content (AvgIpc) is 2.50. The summed E-state index contributed by atoms with van der Waals surface area (Å²) in [5.74, 6) is 1.80. The minimum absolute atomic E-state index is 0.536. The van der Waals surface area contributed by atoms with Crippen molar-refractivity contribution in [2.75, 3.05) is 19.8 Å². The lowest BCUT2D eigenvalue weighted by Gasteiger charge is -2.12. The Kier molecular flexibility index (Phi) is 6.82. The van der Waals surface area contributed by atoms with Crippen molar-refractivity contribution in [3.05, 3.63) is 57.7 Å². The molecule has 112 valence electrons. The van der Waals surface area contributed by atoms with Gasteiger partial charge < -0.3 is 14.8 Å². The summed E-state index contributed by atoms with van der Waals surface area (Å²) in [6.07, 6.45) is 0. The molecule has 0 fully saturated rings. The minimum atomic E-state index is 0.536. The smallest absolute Gasteiger partial charge is 0.123 e. The number of nitrogens with one attached hydrogen (secondary N) is 1. The molecule has 0 aliphatic rings. The second-order valence-corrected chi connectivity index (χ2v) is 5.79. The highest BCUT2D eigenvalue weighted by molar-refractivity contribution is 14.1. The SMILES string of the molecule is CCNCc1ccccc1OCCOc1cccc(I)c1. The van der Waals surface area contributed by atoms with Crippen molar-refractivity contribution in [3.8, 4) is 11.5 Å². The molecule has 0 atom stereocenters. The summed E-state index contributed by atoms with van der Waals surface area (Å²) in [5.41, 5.74) is 1.17. The van der Waals surface area contributed by atoms with E-state index in [4.69, 9.17) is 9.47 Å². The highest BCUT2D eigenvalue weighted by Crippen LogP contribution is 2.18. The molecule has 0 heterocycles. The van der Waals surface area contributed by atoms with Crippen molar-refractivity contribution < 1.29 is 9.47 Å². The maximum Gasteiger partial charge on any atom is 0.123 e. The van der Waals surface area contributed by atoms with Gasteiger partial charge >= 0.3 is 0 Å². The monoisotopic (exact) mass is 397 g/mol. The third-order valence-electron chi connectivity index (χ3n) is 2.94. The predicted octanol–water partition coefficient (Wildman–Crippen LogP) is 3.86. The van der Waals surface area contributed by atoms with Gasteiger partial charge in [-0.3, -0.25) is 0 Å². The average molecular weight is 397 g/mol. The molecule has 2 aromatic carbocycles. The van der Waals surface area contributed by atoms with Crippen LogP contribution in [0.3, 0.4) is 0 Å². The van der Waals surface area contributed by atoms with E-state index in [1.165, 1.54) is 9.13 Å². The maximum absolute atomic E-state index is 5.82. The van der Waals surface area contributed by atoms with Crippen LogP contribution in [0.15, 0.2) is 48.5 Å². The van der Waals surface area contributed by atoms with E-state index in [1.807, 2.05) is 42.5 Å². The number of benzene rings is 2. The zero-order valence-electron chi connectivity index (χ0n) is 12.1. The van der Waals surface area contributed by atoms with Crippen LogP contribution in [0.1, 0.15) is 12.5 Å². The topological polar surface area (TPSA) is 30.5 Å². The normalized spacial score (nSPS) is 10.4. The molecular weight excluding hydrogens is 377 g/mol. The molecule has 0 aliphatic carbocycles. The molecule has 2 rings (SSSR count). The van der Waals surface area contributed by atoms with Crippen LogP contribution in [-0.4, -0.2) is 19.8 Å². The molecule has 21 heavy (non-hydrogen) atoms. The van der Waals surface area contributed by atoms with E-state index in [1.54, 1.807) is 0 Å². The van der Waals surface area contributed by atoms with E-state index in [9.17, 15) is 0 Å². The maximum atomic E-state index is 5.82. The fourth-order valence-corrected chi connectivity index (χ4v) is 2.43. The summed E-state index contributed by atoms with van der Waals surface area (Å²) in [4.78, 5) is 0. The lowest BCUT2D eigenvalue weighted by Crippen LogP contribution is -2.14. The van der Waals surface area contributed by atoms with Gasteiger partial charge in [0, 0.05) is 15.7 Å². The van der Waals surface area contributed by atoms with Gasteiger partial charge in [0.15, 0.2) is 0 Å². The highest BCUT2D eigenvalue weighted by Gasteiger charge is 2.02. The third kappa shape index (κ3) is 5.55. The summed E-state index contributed by atoms with van der Waals surface area (Å²) in [5, 5.41) is 3.32. The predicted molar refractivity (Wildman–Crippen MR) is 94.0 cm³/mol. The second kappa shape index (κ2) is 8.89. The lowest BCUT2D eigenvalue weighted by atomic mass is 10.2. The molecule has 0 aromatic heterocycles. The molecule has 0 saturated carbocycles.